The van der Waals surface area contributed by atoms with Gasteiger partial charge in [0.15, 0.2) is 0 Å². The van der Waals surface area contributed by atoms with Gasteiger partial charge in [0.1, 0.15) is 19.0 Å². The van der Waals surface area contributed by atoms with Gasteiger partial charge in [-0.15, -0.1) is 0 Å². The van der Waals surface area contributed by atoms with E-state index < -0.39 is 10.0 Å². The summed E-state index contributed by atoms with van der Waals surface area (Å²) in [5.74, 6) is 0.311. The van der Waals surface area contributed by atoms with Gasteiger partial charge >= 0.3 is 0 Å². The lowest BCUT2D eigenvalue weighted by Gasteiger charge is -2.12. The Hall–Kier alpha value is -2.62. The normalized spacial score (nSPS) is 11.1. The first-order chi connectivity index (χ1) is 13.4. The molecule has 2 aromatic carbocycles. The third-order valence-corrected chi connectivity index (χ3v) is 5.08. The summed E-state index contributed by atoms with van der Waals surface area (Å²) in [7, 11) is -0.751. The molecule has 0 unspecified atom stereocenters. The van der Waals surface area contributed by atoms with Crippen LogP contribution in [0.5, 0.6) is 5.75 Å². The van der Waals surface area contributed by atoms with E-state index in [0.717, 1.165) is 0 Å². The van der Waals surface area contributed by atoms with Crippen molar-refractivity contribution >= 4 is 27.3 Å². The lowest BCUT2D eigenvalue weighted by molar-refractivity contribution is -0.119. The maximum absolute atomic E-state index is 12.6. The molecule has 8 nitrogen and oxygen atoms in total. The van der Waals surface area contributed by atoms with E-state index in [1.807, 2.05) is 0 Å². The SMILES string of the molecule is COCCOc1ccc(S(=O)(=O)Nc2ccc(NC(=O)COC)cc2)cc1C. The van der Waals surface area contributed by atoms with Crippen molar-refractivity contribution in [2.24, 2.45) is 0 Å². The van der Waals surface area contributed by atoms with Crippen LogP contribution in [0.3, 0.4) is 0 Å². The molecule has 0 bridgehead atoms. The zero-order valence-electron chi connectivity index (χ0n) is 16.0. The smallest absolute Gasteiger partial charge is 0.261 e. The van der Waals surface area contributed by atoms with Gasteiger partial charge in [0, 0.05) is 25.6 Å². The monoisotopic (exact) mass is 408 g/mol. The van der Waals surface area contributed by atoms with Crippen molar-refractivity contribution < 1.29 is 27.4 Å². The highest BCUT2D eigenvalue weighted by atomic mass is 32.2. The van der Waals surface area contributed by atoms with Crippen molar-refractivity contribution in [1.29, 1.82) is 0 Å². The minimum Gasteiger partial charge on any atom is -0.491 e. The number of hydrogen-bond acceptors (Lipinski definition) is 6. The van der Waals surface area contributed by atoms with Crippen molar-refractivity contribution in [2.45, 2.75) is 11.8 Å². The van der Waals surface area contributed by atoms with Crippen LogP contribution in [0.2, 0.25) is 0 Å². The first-order valence-corrected chi connectivity index (χ1v) is 9.98. The Kier molecular flexibility index (Phi) is 7.80. The summed E-state index contributed by atoms with van der Waals surface area (Å²) in [4.78, 5) is 11.6. The first kappa shape index (κ1) is 21.7. The minimum atomic E-state index is -3.76. The number of nitrogens with one attached hydrogen (secondary N) is 2. The van der Waals surface area contributed by atoms with Gasteiger partial charge in [-0.05, 0) is 55.0 Å². The summed E-state index contributed by atoms with van der Waals surface area (Å²) >= 11 is 0. The molecule has 0 fully saturated rings. The third kappa shape index (κ3) is 6.22. The van der Waals surface area contributed by atoms with Gasteiger partial charge in [-0.25, -0.2) is 8.42 Å². The number of rotatable bonds is 10. The van der Waals surface area contributed by atoms with Crippen LogP contribution >= 0.6 is 0 Å². The molecule has 1 amide bonds. The van der Waals surface area contributed by atoms with E-state index in [1.54, 1.807) is 50.4 Å². The molecule has 152 valence electrons. The molecule has 0 aliphatic rings. The van der Waals surface area contributed by atoms with E-state index in [-0.39, 0.29) is 17.4 Å². The van der Waals surface area contributed by atoms with Crippen LogP contribution in [-0.4, -0.2) is 48.4 Å². The maximum Gasteiger partial charge on any atom is 0.261 e. The summed E-state index contributed by atoms with van der Waals surface area (Å²) in [6.07, 6.45) is 0. The molecule has 28 heavy (non-hydrogen) atoms. The number of aryl methyl sites for hydroxylation is 1. The van der Waals surface area contributed by atoms with Crippen LogP contribution in [0.1, 0.15) is 5.56 Å². The quantitative estimate of drug-likeness (QED) is 0.585. The van der Waals surface area contributed by atoms with Crippen LogP contribution in [0.25, 0.3) is 0 Å². The number of carbonyl (C=O) groups is 1. The second-order valence-electron chi connectivity index (χ2n) is 5.93. The van der Waals surface area contributed by atoms with Crippen molar-refractivity contribution in [3.05, 3.63) is 48.0 Å². The summed E-state index contributed by atoms with van der Waals surface area (Å²) in [6, 6.07) is 11.0. The molecule has 0 atom stereocenters. The molecule has 0 aliphatic carbocycles. The largest absolute Gasteiger partial charge is 0.491 e. The van der Waals surface area contributed by atoms with E-state index >= 15 is 0 Å². The highest BCUT2D eigenvalue weighted by Crippen LogP contribution is 2.24. The summed E-state index contributed by atoms with van der Waals surface area (Å²) in [6.45, 7) is 2.55. The number of sulfonamides is 1. The molecule has 0 heterocycles. The van der Waals surface area contributed by atoms with Gasteiger partial charge in [0.05, 0.1) is 11.5 Å². The molecule has 0 aliphatic heterocycles. The van der Waals surface area contributed by atoms with Crippen LogP contribution in [-0.2, 0) is 24.3 Å². The number of methoxy groups -OCH3 is 2. The molecule has 2 rings (SSSR count). The predicted molar refractivity (Wildman–Crippen MR) is 106 cm³/mol. The van der Waals surface area contributed by atoms with Gasteiger partial charge in [0.2, 0.25) is 5.91 Å². The minimum absolute atomic E-state index is 0.0566. The second-order valence-corrected chi connectivity index (χ2v) is 7.62. The Bertz CT molecular complexity index is 897. The van der Waals surface area contributed by atoms with E-state index in [2.05, 4.69) is 10.0 Å². The van der Waals surface area contributed by atoms with Gasteiger partial charge in [-0.2, -0.15) is 0 Å². The Balaban J connectivity index is 2.06. The molecule has 0 saturated heterocycles. The molecule has 9 heteroatoms. The highest BCUT2D eigenvalue weighted by Gasteiger charge is 2.16. The summed E-state index contributed by atoms with van der Waals surface area (Å²) < 4.78 is 43.0. The van der Waals surface area contributed by atoms with E-state index in [9.17, 15) is 13.2 Å². The lowest BCUT2D eigenvalue weighted by Crippen LogP contribution is -2.17. The molecule has 0 saturated carbocycles. The van der Waals surface area contributed by atoms with Crippen molar-refractivity contribution in [3.63, 3.8) is 0 Å². The van der Waals surface area contributed by atoms with E-state index in [4.69, 9.17) is 14.2 Å². The van der Waals surface area contributed by atoms with Crippen LogP contribution in [0, 0.1) is 6.92 Å². The summed E-state index contributed by atoms with van der Waals surface area (Å²) in [5, 5.41) is 2.64. The molecule has 2 aromatic rings. The fraction of sp³-hybridized carbons (Fsp3) is 0.316. The van der Waals surface area contributed by atoms with Gasteiger partial charge in [-0.1, -0.05) is 0 Å². The number of hydrogen-bond donors (Lipinski definition) is 2. The Morgan fingerprint density at radius 2 is 1.64 bits per heavy atom. The van der Waals surface area contributed by atoms with Crippen LogP contribution in [0.4, 0.5) is 11.4 Å². The van der Waals surface area contributed by atoms with Gasteiger partial charge < -0.3 is 19.5 Å². The van der Waals surface area contributed by atoms with Gasteiger partial charge in [0.25, 0.3) is 10.0 Å². The number of ether oxygens (including phenoxy) is 3. The maximum atomic E-state index is 12.6. The van der Waals surface area contributed by atoms with Crippen LogP contribution < -0.4 is 14.8 Å². The molecule has 2 N–H and O–H groups in total. The Morgan fingerprint density at radius 3 is 2.25 bits per heavy atom. The number of amides is 1. The van der Waals surface area contributed by atoms with Crippen LogP contribution in [0.15, 0.2) is 47.4 Å². The number of anilines is 2. The molecular formula is C19H24N2O6S. The third-order valence-electron chi connectivity index (χ3n) is 3.70. The van der Waals surface area contributed by atoms with Gasteiger partial charge in [-0.3, -0.25) is 9.52 Å². The van der Waals surface area contributed by atoms with Crippen molar-refractivity contribution in [3.8, 4) is 5.75 Å². The average Bonchev–Trinajstić information content (AvgIpc) is 2.64. The zero-order valence-corrected chi connectivity index (χ0v) is 16.8. The second kappa shape index (κ2) is 10.1. The summed E-state index contributed by atoms with van der Waals surface area (Å²) in [5.41, 5.74) is 1.62. The van der Waals surface area contributed by atoms with E-state index in [1.165, 1.54) is 13.2 Å². The standard InChI is InChI=1S/C19H24N2O6S/c1-14-12-17(8-9-18(14)27-11-10-25-2)28(23,24)21-16-6-4-15(5-7-16)20-19(22)13-26-3/h4-9,12,21H,10-11,13H2,1-3H3,(H,20,22). The lowest BCUT2D eigenvalue weighted by atomic mass is 10.2. The Labute approximate surface area is 164 Å². The Morgan fingerprint density at radius 1 is 0.964 bits per heavy atom. The van der Waals surface area contributed by atoms with Crippen molar-refractivity contribution in [2.75, 3.05) is 44.1 Å². The average molecular weight is 408 g/mol. The topological polar surface area (TPSA) is 103 Å². The van der Waals surface area contributed by atoms with Crippen molar-refractivity contribution in [1.82, 2.24) is 0 Å². The first-order valence-electron chi connectivity index (χ1n) is 8.50. The van der Waals surface area contributed by atoms with E-state index in [0.29, 0.717) is 35.9 Å². The highest BCUT2D eigenvalue weighted by molar-refractivity contribution is 7.92. The molecule has 0 aromatic heterocycles. The molecule has 0 radical (unpaired) electrons. The number of benzene rings is 2. The molecular weight excluding hydrogens is 384 g/mol. The number of carbonyl (C=O) groups excluding carboxylic acids is 1. The zero-order chi connectivity index (χ0) is 20.6. The fourth-order valence-electron chi connectivity index (χ4n) is 2.35. The molecule has 0 spiro atoms. The fourth-order valence-corrected chi connectivity index (χ4v) is 3.49. The predicted octanol–water partition coefficient (Wildman–Crippen LogP) is 2.41.